The van der Waals surface area contributed by atoms with Gasteiger partial charge in [-0.15, -0.1) is 34.0 Å². The predicted molar refractivity (Wildman–Crippen MR) is 314 cm³/mol. The molecule has 0 bridgehead atoms. The van der Waals surface area contributed by atoms with Gasteiger partial charge in [-0.3, -0.25) is 14.4 Å². The van der Waals surface area contributed by atoms with Crippen LogP contribution in [0, 0.1) is 26.7 Å². The number of hydrogen-bond acceptors (Lipinski definition) is 8. The van der Waals surface area contributed by atoms with E-state index in [0.717, 1.165) is 120 Å². The third-order valence-corrected chi connectivity index (χ3v) is 17.6. The van der Waals surface area contributed by atoms with E-state index in [9.17, 15) is 19.2 Å². The third-order valence-electron chi connectivity index (χ3n) is 13.7. The number of carbonyl (C=O) groups excluding carboxylic acids is 4. The molecule has 3 aromatic carbocycles. The highest BCUT2D eigenvalue weighted by molar-refractivity contribution is 7.17. The zero-order chi connectivity index (χ0) is 53.7. The quantitative estimate of drug-likeness (QED) is 0.107. The van der Waals surface area contributed by atoms with E-state index >= 15 is 0 Å². The minimum Gasteiger partial charge on any atom is -0.444 e. The number of piperidine rings is 1. The Morgan fingerprint density at radius 2 is 1.05 bits per heavy atom. The van der Waals surface area contributed by atoms with Crippen LogP contribution < -0.4 is 0 Å². The number of likely N-dealkylation sites (tertiary alicyclic amines) is 1. The number of aromatic nitrogens is 3. The molecule has 1 amide bonds. The minimum atomic E-state index is -0.476. The van der Waals surface area contributed by atoms with Gasteiger partial charge < -0.3 is 23.3 Å². The van der Waals surface area contributed by atoms with Gasteiger partial charge in [0.15, 0.2) is 17.3 Å². The van der Waals surface area contributed by atoms with E-state index in [2.05, 4.69) is 45.9 Å². The third kappa shape index (κ3) is 12.1. The maximum atomic E-state index is 13.5. The molecule has 7 heterocycles. The summed E-state index contributed by atoms with van der Waals surface area (Å²) < 4.78 is 12.3. The van der Waals surface area contributed by atoms with Gasteiger partial charge in [-0.1, -0.05) is 97.2 Å². The first-order chi connectivity index (χ1) is 35.9. The van der Waals surface area contributed by atoms with E-state index in [1.165, 1.54) is 9.66 Å². The second kappa shape index (κ2) is 24.2. The number of rotatable bonds is 13. The van der Waals surface area contributed by atoms with Gasteiger partial charge >= 0.3 is 6.09 Å². The normalized spacial score (nSPS) is 13.0. The Balaban J connectivity index is 0.000000157. The van der Waals surface area contributed by atoms with Gasteiger partial charge in [-0.05, 0) is 138 Å². The van der Waals surface area contributed by atoms with E-state index in [1.807, 2.05) is 105 Å². The molecule has 0 aliphatic carbocycles. The molecule has 1 aliphatic heterocycles. The number of nitrogens with zero attached hydrogens (tertiary/aromatic N) is 4. The van der Waals surface area contributed by atoms with E-state index in [4.69, 9.17) is 39.5 Å². The molecule has 0 unspecified atom stereocenters. The number of halogens is 3. The zero-order valence-electron chi connectivity index (χ0n) is 43.7. The number of carbonyl (C=O) groups is 4. The summed E-state index contributed by atoms with van der Waals surface area (Å²) in [6, 6.07) is 28.0. The van der Waals surface area contributed by atoms with Crippen LogP contribution in [0.1, 0.15) is 132 Å². The van der Waals surface area contributed by atoms with Crippen molar-refractivity contribution in [2.75, 3.05) is 13.1 Å². The van der Waals surface area contributed by atoms with Crippen LogP contribution in [0.15, 0.2) is 107 Å². The van der Waals surface area contributed by atoms with Gasteiger partial charge in [-0.25, -0.2) is 4.79 Å². The number of aryl methyl sites for hydroxylation is 3. The number of thiophene rings is 3. The monoisotopic (exact) mass is 1120 g/mol. The second-order valence-corrected chi connectivity index (χ2v) is 23.8. The van der Waals surface area contributed by atoms with Crippen LogP contribution in [-0.2, 0) is 24.4 Å². The van der Waals surface area contributed by atoms with Crippen LogP contribution in [-0.4, -0.2) is 60.7 Å². The van der Waals surface area contributed by atoms with Crippen LogP contribution in [0.5, 0.6) is 0 Å². The molecule has 9 nitrogen and oxygen atoms in total. The number of hydrogen-bond donors (Lipinski definition) is 0. The molecule has 9 aromatic rings. The first-order valence-electron chi connectivity index (χ1n) is 25.5. The number of ether oxygens (including phenoxy) is 1. The summed E-state index contributed by atoms with van der Waals surface area (Å²) in [4.78, 5) is 56.8. The average molecular weight is 1120 g/mol. The van der Waals surface area contributed by atoms with Crippen LogP contribution in [0.25, 0.3) is 30.6 Å². The molecule has 0 spiro atoms. The molecule has 392 valence electrons. The minimum absolute atomic E-state index is 0.0493. The largest absolute Gasteiger partial charge is 0.444 e. The molecule has 1 saturated heterocycles. The van der Waals surface area contributed by atoms with Gasteiger partial charge in [0.1, 0.15) is 20.1 Å². The zero-order valence-corrected chi connectivity index (χ0v) is 48.4. The van der Waals surface area contributed by atoms with E-state index in [-0.39, 0.29) is 23.4 Å². The molecule has 1 fully saturated rings. The lowest BCUT2D eigenvalue weighted by molar-refractivity contribution is 0.0179. The van der Waals surface area contributed by atoms with Gasteiger partial charge in [0.2, 0.25) is 0 Å². The Morgan fingerprint density at radius 3 is 1.55 bits per heavy atom. The summed E-state index contributed by atoms with van der Waals surface area (Å²) in [5, 5.41) is 10.5. The first kappa shape index (κ1) is 55.8. The fourth-order valence-electron chi connectivity index (χ4n) is 10.0. The van der Waals surface area contributed by atoms with Crippen molar-refractivity contribution >= 4 is 123 Å². The fourth-order valence-corrected chi connectivity index (χ4v) is 13.6. The van der Waals surface area contributed by atoms with Crippen molar-refractivity contribution in [1.29, 1.82) is 0 Å². The number of fused-ring (bicyclic) bond motifs is 3. The summed E-state index contributed by atoms with van der Waals surface area (Å²) >= 11 is 23.6. The first-order valence-corrected chi connectivity index (χ1v) is 29.3. The van der Waals surface area contributed by atoms with E-state index < -0.39 is 5.60 Å². The molecule has 0 N–H and O–H groups in total. The van der Waals surface area contributed by atoms with Crippen molar-refractivity contribution < 1.29 is 23.9 Å². The van der Waals surface area contributed by atoms with Crippen molar-refractivity contribution in [3.05, 3.63) is 173 Å². The Kier molecular flexibility index (Phi) is 18.0. The second-order valence-electron chi connectivity index (χ2n) is 19.9. The van der Waals surface area contributed by atoms with Gasteiger partial charge in [-0.2, -0.15) is 0 Å². The predicted octanol–water partition coefficient (Wildman–Crippen LogP) is 17.5. The summed E-state index contributed by atoms with van der Waals surface area (Å²) in [6.07, 6.45) is 4.80. The maximum absolute atomic E-state index is 13.5. The molecule has 15 heteroatoms. The molecule has 1 aliphatic rings. The Labute approximate surface area is 466 Å². The molecular formula is C60H63Cl3N4O5S3. The summed E-state index contributed by atoms with van der Waals surface area (Å²) in [5.41, 5.74) is 6.81. The van der Waals surface area contributed by atoms with Crippen LogP contribution in [0.4, 0.5) is 4.79 Å². The number of benzene rings is 3. The lowest BCUT2D eigenvalue weighted by Gasteiger charge is -2.33. The smallest absolute Gasteiger partial charge is 0.410 e. The molecule has 6 aromatic heterocycles. The molecular weight excluding hydrogens is 1060 g/mol. The topological polar surface area (TPSA) is 95.5 Å². The van der Waals surface area contributed by atoms with Crippen LogP contribution >= 0.6 is 68.8 Å². The van der Waals surface area contributed by atoms with Crippen LogP contribution in [0.2, 0.25) is 15.1 Å². The standard InChI is InChI=1S/C26H30Cl2N2O3S.C17H16ClNOS.C17H17NOS/c1-16-21(23(31)19-6-5-7-20(27)22(19)28)18-11-15-34-24(18)30(16)14-10-17-8-12-29(13-9-17)25(32)33-26(2,3)4;1-3-8-19-11(2)15(14-7-9-21-17(14)19)16(20)12-5-4-6-13(18)10-12;1-3-10-18-12(2)15(14-9-11-20-17(14)18)16(19)13-7-5-4-6-8-13/h5-7,11,15,17H,8-10,12-14H2,1-4H3;4-7,9-10H,3,8H2,1-2H3;4-9,11H,3,10H2,1-2H3. The summed E-state index contributed by atoms with van der Waals surface area (Å²) in [6.45, 7) is 20.2. The van der Waals surface area contributed by atoms with Crippen molar-refractivity contribution in [2.45, 2.75) is 113 Å². The molecule has 0 atom stereocenters. The highest BCUT2D eigenvalue weighted by Crippen LogP contribution is 2.37. The van der Waals surface area contributed by atoms with Gasteiger partial charge in [0.05, 0.1) is 26.7 Å². The van der Waals surface area contributed by atoms with Crippen molar-refractivity contribution in [3.8, 4) is 0 Å². The maximum Gasteiger partial charge on any atom is 0.410 e. The Hall–Kier alpha value is -5.47. The van der Waals surface area contributed by atoms with Crippen LogP contribution in [0.3, 0.4) is 0 Å². The Morgan fingerprint density at radius 1 is 0.587 bits per heavy atom. The number of amides is 1. The van der Waals surface area contributed by atoms with Crippen molar-refractivity contribution in [2.24, 2.45) is 5.92 Å². The molecule has 10 rings (SSSR count). The highest BCUT2D eigenvalue weighted by Gasteiger charge is 2.29. The van der Waals surface area contributed by atoms with Crippen molar-refractivity contribution in [3.63, 3.8) is 0 Å². The SMILES string of the molecule is CCCn1c(C)c(C(=O)c2cccc(Cl)c2)c2ccsc21.CCCn1c(C)c(C(=O)c2ccccc2)c2ccsc21.Cc1c(C(=O)c2cccc(Cl)c2Cl)c2ccsc2n1CCC1CCN(C(=O)OC(C)(C)C)CC1. The van der Waals surface area contributed by atoms with Gasteiger partial charge in [0.25, 0.3) is 0 Å². The summed E-state index contributed by atoms with van der Waals surface area (Å²) in [7, 11) is 0. The van der Waals surface area contributed by atoms with Gasteiger partial charge in [0, 0.05) is 87.7 Å². The van der Waals surface area contributed by atoms with E-state index in [1.54, 1.807) is 64.3 Å². The highest BCUT2D eigenvalue weighted by atomic mass is 35.5. The molecule has 0 radical (unpaired) electrons. The summed E-state index contributed by atoms with van der Waals surface area (Å²) in [5.74, 6) is 0.601. The molecule has 75 heavy (non-hydrogen) atoms. The Bertz CT molecular complexity index is 3510. The lowest BCUT2D eigenvalue weighted by Crippen LogP contribution is -2.41. The average Bonchev–Trinajstić information content (AvgIpc) is 4.26. The molecule has 0 saturated carbocycles. The lowest BCUT2D eigenvalue weighted by atomic mass is 9.93. The van der Waals surface area contributed by atoms with Crippen molar-refractivity contribution in [1.82, 2.24) is 18.6 Å². The number of ketones is 3. The fraction of sp³-hybridized carbons (Fsp3) is 0.333. The van der Waals surface area contributed by atoms with E-state index in [0.29, 0.717) is 37.7 Å².